The van der Waals surface area contributed by atoms with Gasteiger partial charge in [0.25, 0.3) is 17.3 Å². The fourth-order valence-electron chi connectivity index (χ4n) is 3.46. The summed E-state index contributed by atoms with van der Waals surface area (Å²) in [6, 6.07) is 11.4. The minimum Gasteiger partial charge on any atom is -0.481 e. The lowest BCUT2D eigenvalue weighted by molar-refractivity contribution is 0.396. The minimum atomic E-state index is -0.338. The van der Waals surface area contributed by atoms with Crippen molar-refractivity contribution in [3.63, 3.8) is 0 Å². The summed E-state index contributed by atoms with van der Waals surface area (Å²) in [7, 11) is 1.50. The van der Waals surface area contributed by atoms with Crippen LogP contribution in [0.25, 0.3) is 39.9 Å². The zero-order chi connectivity index (χ0) is 21.5. The third kappa shape index (κ3) is 3.05. The normalized spacial score (nSPS) is 11.2. The number of aryl methyl sites for hydroxylation is 2. The van der Waals surface area contributed by atoms with E-state index >= 15 is 0 Å². The summed E-state index contributed by atoms with van der Waals surface area (Å²) in [5.74, 6) is 0.677. The second kappa shape index (κ2) is 7.17. The van der Waals surface area contributed by atoms with E-state index in [1.165, 1.54) is 17.8 Å². The smallest absolute Gasteiger partial charge is 0.286 e. The molecule has 1 aromatic carbocycles. The van der Waals surface area contributed by atoms with Crippen molar-refractivity contribution in [2.24, 2.45) is 0 Å². The molecule has 0 spiro atoms. The van der Waals surface area contributed by atoms with Crippen LogP contribution in [0.15, 0.2) is 51.8 Å². The van der Waals surface area contributed by atoms with Gasteiger partial charge in [-0.3, -0.25) is 9.89 Å². The van der Waals surface area contributed by atoms with E-state index in [4.69, 9.17) is 9.15 Å². The Morgan fingerprint density at radius 3 is 2.55 bits per heavy atom. The maximum atomic E-state index is 13.3. The fourth-order valence-corrected chi connectivity index (χ4v) is 3.46. The highest BCUT2D eigenvalue weighted by molar-refractivity contribution is 5.80. The van der Waals surface area contributed by atoms with Gasteiger partial charge in [-0.05, 0) is 19.4 Å². The Balaban J connectivity index is 1.65. The largest absolute Gasteiger partial charge is 0.481 e. The molecular weight excluding hydrogens is 398 g/mol. The van der Waals surface area contributed by atoms with Gasteiger partial charge in [0.15, 0.2) is 5.65 Å². The van der Waals surface area contributed by atoms with E-state index < -0.39 is 0 Å². The van der Waals surface area contributed by atoms with E-state index in [1.54, 1.807) is 13.0 Å². The number of aromatic nitrogens is 7. The van der Waals surface area contributed by atoms with Gasteiger partial charge in [0.05, 0.1) is 12.8 Å². The Labute approximate surface area is 175 Å². The van der Waals surface area contributed by atoms with Crippen molar-refractivity contribution < 1.29 is 9.15 Å². The Morgan fingerprint density at radius 2 is 1.77 bits per heavy atom. The predicted octanol–water partition coefficient (Wildman–Crippen LogP) is 2.82. The Morgan fingerprint density at radius 1 is 1.00 bits per heavy atom. The maximum absolute atomic E-state index is 13.3. The van der Waals surface area contributed by atoms with Crippen LogP contribution >= 0.6 is 0 Å². The van der Waals surface area contributed by atoms with E-state index in [2.05, 4.69) is 30.2 Å². The van der Waals surface area contributed by atoms with Crippen molar-refractivity contribution in [1.82, 2.24) is 34.8 Å². The molecule has 0 radical (unpaired) electrons. The zero-order valence-corrected chi connectivity index (χ0v) is 16.9. The predicted molar refractivity (Wildman–Crippen MR) is 112 cm³/mol. The fraction of sp³-hybridized carbons (Fsp3) is 0.143. The number of ether oxygens (including phenoxy) is 1. The highest BCUT2D eigenvalue weighted by Crippen LogP contribution is 2.28. The Kier molecular flexibility index (Phi) is 4.32. The van der Waals surface area contributed by atoms with Crippen molar-refractivity contribution in [3.8, 4) is 40.2 Å². The van der Waals surface area contributed by atoms with E-state index in [0.29, 0.717) is 17.2 Å². The minimum absolute atomic E-state index is 0.0411. The molecular formula is C21H17N7O3. The highest BCUT2D eigenvalue weighted by atomic mass is 16.5. The molecule has 0 aliphatic carbocycles. The van der Waals surface area contributed by atoms with Crippen LogP contribution in [0.3, 0.4) is 0 Å². The van der Waals surface area contributed by atoms with E-state index in [9.17, 15) is 4.79 Å². The van der Waals surface area contributed by atoms with Crippen molar-refractivity contribution in [2.75, 3.05) is 7.11 Å². The monoisotopic (exact) mass is 415 g/mol. The first-order valence-corrected chi connectivity index (χ1v) is 9.45. The zero-order valence-electron chi connectivity index (χ0n) is 16.9. The number of aromatic amines is 1. The van der Waals surface area contributed by atoms with E-state index in [1.807, 2.05) is 37.3 Å². The van der Waals surface area contributed by atoms with Crippen molar-refractivity contribution in [3.05, 3.63) is 64.3 Å². The molecule has 31 heavy (non-hydrogen) atoms. The van der Waals surface area contributed by atoms with Crippen molar-refractivity contribution in [1.29, 1.82) is 0 Å². The van der Waals surface area contributed by atoms with E-state index in [-0.39, 0.29) is 28.7 Å². The second-order valence-electron chi connectivity index (χ2n) is 6.85. The average molecular weight is 415 g/mol. The number of fused-ring (bicyclic) bond motifs is 1. The molecule has 0 amide bonds. The lowest BCUT2D eigenvalue weighted by Crippen LogP contribution is -2.19. The molecule has 10 nitrogen and oxygen atoms in total. The standard InChI is InChI=1S/C21H17N7O3/c1-11-16(19-25-26-20(31-19)17-22-10-9-14(24-17)30-3)21(29)28-18(23-11)15(12(2)27-28)13-7-5-4-6-8-13/h4-10,27H,1-3H3. The van der Waals surface area contributed by atoms with Crippen LogP contribution in [-0.2, 0) is 0 Å². The van der Waals surface area contributed by atoms with Gasteiger partial charge in [-0.15, -0.1) is 10.2 Å². The van der Waals surface area contributed by atoms with Gasteiger partial charge in [0.1, 0.15) is 5.56 Å². The maximum Gasteiger partial charge on any atom is 0.286 e. The van der Waals surface area contributed by atoms with Crippen LogP contribution in [0.1, 0.15) is 11.4 Å². The van der Waals surface area contributed by atoms with Gasteiger partial charge in [0.2, 0.25) is 11.7 Å². The molecule has 154 valence electrons. The number of rotatable bonds is 4. The first kappa shape index (κ1) is 18.7. The number of benzene rings is 1. The summed E-state index contributed by atoms with van der Waals surface area (Å²) < 4.78 is 12.2. The molecule has 0 bridgehead atoms. The quantitative estimate of drug-likeness (QED) is 0.475. The van der Waals surface area contributed by atoms with Gasteiger partial charge < -0.3 is 9.15 Å². The average Bonchev–Trinajstić information content (AvgIpc) is 3.39. The van der Waals surface area contributed by atoms with Crippen LogP contribution < -0.4 is 10.3 Å². The first-order chi connectivity index (χ1) is 15.1. The molecule has 5 rings (SSSR count). The van der Waals surface area contributed by atoms with Crippen molar-refractivity contribution >= 4 is 5.65 Å². The molecule has 0 aliphatic rings. The Bertz CT molecular complexity index is 1470. The molecule has 0 saturated heterocycles. The first-order valence-electron chi connectivity index (χ1n) is 9.45. The van der Waals surface area contributed by atoms with Crippen molar-refractivity contribution in [2.45, 2.75) is 13.8 Å². The molecule has 4 heterocycles. The molecule has 10 heteroatoms. The number of hydrogen-bond donors (Lipinski definition) is 1. The van der Waals surface area contributed by atoms with Gasteiger partial charge >= 0.3 is 0 Å². The summed E-state index contributed by atoms with van der Waals surface area (Å²) in [6.45, 7) is 3.64. The molecule has 0 fully saturated rings. The second-order valence-corrected chi connectivity index (χ2v) is 6.85. The van der Waals surface area contributed by atoms with Gasteiger partial charge in [-0.2, -0.15) is 4.98 Å². The molecule has 0 atom stereocenters. The third-order valence-electron chi connectivity index (χ3n) is 4.87. The summed E-state index contributed by atoms with van der Waals surface area (Å²) in [6.07, 6.45) is 1.52. The SMILES string of the molecule is COc1ccnc(-c2nnc(-c3c(C)nc4c(-c5ccccc5)c(C)[nH]n4c3=O)o2)n1. The number of methoxy groups -OCH3 is 1. The number of nitrogens with one attached hydrogen (secondary N) is 1. The third-order valence-corrected chi connectivity index (χ3v) is 4.87. The Hall–Kier alpha value is -4.34. The lowest BCUT2D eigenvalue weighted by atomic mass is 10.1. The highest BCUT2D eigenvalue weighted by Gasteiger charge is 2.23. The van der Waals surface area contributed by atoms with E-state index in [0.717, 1.165) is 16.8 Å². The molecule has 0 unspecified atom stereocenters. The molecule has 0 aliphatic heterocycles. The molecule has 5 aromatic rings. The van der Waals surface area contributed by atoms with Crippen LogP contribution in [-0.4, -0.2) is 41.9 Å². The summed E-state index contributed by atoms with van der Waals surface area (Å²) in [4.78, 5) is 26.3. The topological polar surface area (TPSA) is 124 Å². The molecule has 4 aromatic heterocycles. The van der Waals surface area contributed by atoms with Gasteiger partial charge in [0, 0.05) is 23.5 Å². The molecule has 0 saturated carbocycles. The van der Waals surface area contributed by atoms with Crippen LogP contribution in [0.5, 0.6) is 5.88 Å². The summed E-state index contributed by atoms with van der Waals surface area (Å²) >= 11 is 0. The summed E-state index contributed by atoms with van der Waals surface area (Å²) in [5, 5.41) is 11.1. The summed E-state index contributed by atoms with van der Waals surface area (Å²) in [5.41, 5.74) is 3.53. The molecule has 1 N–H and O–H groups in total. The lowest BCUT2D eigenvalue weighted by Gasteiger charge is -2.03. The van der Waals surface area contributed by atoms with Crippen LogP contribution in [0, 0.1) is 13.8 Å². The number of H-pyrrole nitrogens is 1. The van der Waals surface area contributed by atoms with Crippen LogP contribution in [0.2, 0.25) is 0 Å². The van der Waals surface area contributed by atoms with Crippen LogP contribution in [0.4, 0.5) is 0 Å². The number of hydrogen-bond acceptors (Lipinski definition) is 8. The van der Waals surface area contributed by atoms with Gasteiger partial charge in [-0.1, -0.05) is 30.3 Å². The van der Waals surface area contributed by atoms with Gasteiger partial charge in [-0.25, -0.2) is 14.5 Å². The number of nitrogens with zero attached hydrogens (tertiary/aromatic N) is 6.